The lowest BCUT2D eigenvalue weighted by Crippen LogP contribution is -2.60. The van der Waals surface area contributed by atoms with Crippen LogP contribution in [0.25, 0.3) is 22.6 Å². The van der Waals surface area contributed by atoms with Gasteiger partial charge in [0.2, 0.25) is 5.88 Å². The zero-order chi connectivity index (χ0) is 27.4. The summed E-state index contributed by atoms with van der Waals surface area (Å²) in [4.78, 5) is 36.2. The third-order valence-corrected chi connectivity index (χ3v) is 8.66. The zero-order valence-electron chi connectivity index (χ0n) is 22.8. The molecule has 0 unspecified atom stereocenters. The number of carbonyl (C=O) groups is 1. The number of fused-ring (bicyclic) bond motifs is 1. The van der Waals surface area contributed by atoms with Crippen molar-refractivity contribution < 1.29 is 9.53 Å². The summed E-state index contributed by atoms with van der Waals surface area (Å²) in [5, 5.41) is 0.459. The molecule has 40 heavy (non-hydrogen) atoms. The highest BCUT2D eigenvalue weighted by Crippen LogP contribution is 2.41. The highest BCUT2D eigenvalue weighted by Gasteiger charge is 2.41. The number of aromatic nitrogens is 5. The van der Waals surface area contributed by atoms with Crippen LogP contribution in [0.2, 0.25) is 5.02 Å². The van der Waals surface area contributed by atoms with Gasteiger partial charge in [-0.05, 0) is 88.5 Å². The Morgan fingerprint density at radius 3 is 2.62 bits per heavy atom. The van der Waals surface area contributed by atoms with E-state index >= 15 is 0 Å². The second kappa shape index (κ2) is 9.82. The minimum atomic E-state index is -0.215. The smallest absolute Gasteiger partial charge is 0.254 e. The SMILES string of the molecule is Cc1ccnc(Cn2c(-c3ccc(C(=O)N4CC(N5CCCC5)C4)cc3Cl)nc3c(OC4(C)CC4)ncnc32)c1. The van der Waals surface area contributed by atoms with Crippen molar-refractivity contribution in [3.63, 3.8) is 0 Å². The number of hydrogen-bond donors (Lipinski definition) is 0. The highest BCUT2D eigenvalue weighted by molar-refractivity contribution is 6.33. The van der Waals surface area contributed by atoms with Gasteiger partial charge in [-0.2, -0.15) is 4.98 Å². The summed E-state index contributed by atoms with van der Waals surface area (Å²) in [5.41, 5.74) is 4.32. The Hall–Kier alpha value is -3.56. The second-order valence-corrected chi connectivity index (χ2v) is 12.0. The average molecular weight is 558 g/mol. The van der Waals surface area contributed by atoms with Crippen molar-refractivity contribution in [3.05, 3.63) is 64.7 Å². The third-order valence-electron chi connectivity index (χ3n) is 8.35. The van der Waals surface area contributed by atoms with Crippen molar-refractivity contribution >= 4 is 28.7 Å². The Bertz CT molecular complexity index is 1600. The van der Waals surface area contributed by atoms with E-state index in [2.05, 4.69) is 26.8 Å². The molecule has 3 fully saturated rings. The van der Waals surface area contributed by atoms with Crippen LogP contribution in [0, 0.1) is 6.92 Å². The zero-order valence-corrected chi connectivity index (χ0v) is 23.6. The Morgan fingerprint density at radius 1 is 1.10 bits per heavy atom. The Balaban J connectivity index is 1.22. The van der Waals surface area contributed by atoms with Crippen LogP contribution in [-0.4, -0.2) is 78.0 Å². The monoisotopic (exact) mass is 557 g/mol. The summed E-state index contributed by atoms with van der Waals surface area (Å²) in [7, 11) is 0. The number of rotatable bonds is 7. The van der Waals surface area contributed by atoms with Crippen LogP contribution < -0.4 is 4.74 Å². The van der Waals surface area contributed by atoms with Gasteiger partial charge in [0.05, 0.1) is 17.3 Å². The Kier molecular flexibility index (Phi) is 6.24. The highest BCUT2D eigenvalue weighted by atomic mass is 35.5. The van der Waals surface area contributed by atoms with E-state index in [0.717, 1.165) is 50.3 Å². The first kappa shape index (κ1) is 25.4. The topological polar surface area (TPSA) is 89.3 Å². The van der Waals surface area contributed by atoms with Crippen molar-refractivity contribution in [2.75, 3.05) is 26.2 Å². The third kappa shape index (κ3) is 4.71. The molecule has 2 saturated heterocycles. The van der Waals surface area contributed by atoms with Gasteiger partial charge in [0, 0.05) is 36.5 Å². The van der Waals surface area contributed by atoms with Gasteiger partial charge in [-0.3, -0.25) is 14.7 Å². The van der Waals surface area contributed by atoms with Crippen molar-refractivity contribution in [2.24, 2.45) is 0 Å². The van der Waals surface area contributed by atoms with Gasteiger partial charge in [-0.1, -0.05) is 11.6 Å². The number of ether oxygens (including phenoxy) is 1. The molecular formula is C30H32ClN7O2. The normalized spacial score (nSPS) is 18.7. The molecular weight excluding hydrogens is 526 g/mol. The van der Waals surface area contributed by atoms with Crippen LogP contribution >= 0.6 is 11.6 Å². The van der Waals surface area contributed by atoms with E-state index < -0.39 is 0 Å². The first-order valence-electron chi connectivity index (χ1n) is 14.0. The lowest BCUT2D eigenvalue weighted by molar-refractivity contribution is 0.0334. The minimum Gasteiger partial charge on any atom is -0.470 e. The fourth-order valence-electron chi connectivity index (χ4n) is 5.68. The molecule has 0 bridgehead atoms. The lowest BCUT2D eigenvalue weighted by atomic mass is 10.0. The van der Waals surface area contributed by atoms with Gasteiger partial charge in [-0.25, -0.2) is 9.97 Å². The molecule has 1 aromatic carbocycles. The van der Waals surface area contributed by atoms with E-state index in [9.17, 15) is 4.79 Å². The number of aryl methyl sites for hydroxylation is 1. The predicted molar refractivity (Wildman–Crippen MR) is 153 cm³/mol. The molecule has 3 aromatic heterocycles. The minimum absolute atomic E-state index is 0.0144. The molecule has 1 saturated carbocycles. The summed E-state index contributed by atoms with van der Waals surface area (Å²) in [6.07, 6.45) is 7.79. The molecule has 10 heteroatoms. The van der Waals surface area contributed by atoms with Crippen molar-refractivity contribution in [1.82, 2.24) is 34.3 Å². The van der Waals surface area contributed by atoms with E-state index in [1.165, 1.54) is 19.2 Å². The number of halogens is 1. The molecule has 7 rings (SSSR count). The van der Waals surface area contributed by atoms with E-state index in [1.54, 1.807) is 12.3 Å². The quantitative estimate of drug-likeness (QED) is 0.324. The van der Waals surface area contributed by atoms with Gasteiger partial charge in [0.25, 0.3) is 5.91 Å². The van der Waals surface area contributed by atoms with Crippen molar-refractivity contribution in [3.8, 4) is 17.3 Å². The summed E-state index contributed by atoms with van der Waals surface area (Å²) in [6.45, 7) is 8.40. The Labute approximate surface area is 238 Å². The van der Waals surface area contributed by atoms with Gasteiger partial charge >= 0.3 is 0 Å². The van der Waals surface area contributed by atoms with E-state index in [4.69, 9.17) is 21.3 Å². The van der Waals surface area contributed by atoms with Crippen LogP contribution in [0.15, 0.2) is 42.9 Å². The molecule has 0 atom stereocenters. The molecule has 0 spiro atoms. The van der Waals surface area contributed by atoms with E-state index in [1.807, 2.05) is 40.7 Å². The fourth-order valence-corrected chi connectivity index (χ4v) is 5.94. The second-order valence-electron chi connectivity index (χ2n) is 11.6. The van der Waals surface area contributed by atoms with Crippen LogP contribution in [0.3, 0.4) is 0 Å². The van der Waals surface area contributed by atoms with Gasteiger partial charge in [0.1, 0.15) is 17.8 Å². The molecule has 0 radical (unpaired) electrons. The molecule has 9 nitrogen and oxygen atoms in total. The number of likely N-dealkylation sites (tertiary alicyclic amines) is 2. The maximum atomic E-state index is 13.2. The Morgan fingerprint density at radius 2 is 1.90 bits per heavy atom. The number of imidazole rings is 1. The fraction of sp³-hybridized carbons (Fsp3) is 0.433. The van der Waals surface area contributed by atoms with Crippen LogP contribution in [0.4, 0.5) is 0 Å². The predicted octanol–water partition coefficient (Wildman–Crippen LogP) is 4.75. The summed E-state index contributed by atoms with van der Waals surface area (Å²) in [6, 6.07) is 9.97. The molecule has 4 aromatic rings. The van der Waals surface area contributed by atoms with Crippen LogP contribution in [-0.2, 0) is 6.54 Å². The first-order chi connectivity index (χ1) is 19.4. The molecule has 1 aliphatic carbocycles. The van der Waals surface area contributed by atoms with Crippen molar-refractivity contribution in [1.29, 1.82) is 0 Å². The van der Waals surface area contributed by atoms with Crippen LogP contribution in [0.1, 0.15) is 54.2 Å². The molecule has 1 amide bonds. The van der Waals surface area contributed by atoms with Gasteiger partial charge in [-0.15, -0.1) is 0 Å². The lowest BCUT2D eigenvalue weighted by Gasteiger charge is -2.44. The van der Waals surface area contributed by atoms with Crippen molar-refractivity contribution in [2.45, 2.75) is 57.7 Å². The number of carbonyl (C=O) groups excluding carboxylic acids is 1. The maximum Gasteiger partial charge on any atom is 0.254 e. The summed E-state index contributed by atoms with van der Waals surface area (Å²) < 4.78 is 8.24. The number of benzene rings is 1. The van der Waals surface area contributed by atoms with E-state index in [-0.39, 0.29) is 11.5 Å². The average Bonchev–Trinajstić information content (AvgIpc) is 3.25. The number of pyridine rings is 1. The molecule has 2 aliphatic heterocycles. The number of hydrogen-bond acceptors (Lipinski definition) is 7. The van der Waals surface area contributed by atoms with E-state index in [0.29, 0.717) is 51.6 Å². The molecule has 0 N–H and O–H groups in total. The molecule has 206 valence electrons. The number of amides is 1. The summed E-state index contributed by atoms with van der Waals surface area (Å²) in [5.74, 6) is 1.11. The molecule has 3 aliphatic rings. The van der Waals surface area contributed by atoms with Crippen LogP contribution in [0.5, 0.6) is 5.88 Å². The number of nitrogens with zero attached hydrogens (tertiary/aromatic N) is 7. The molecule has 5 heterocycles. The largest absolute Gasteiger partial charge is 0.470 e. The maximum absolute atomic E-state index is 13.2. The summed E-state index contributed by atoms with van der Waals surface area (Å²) >= 11 is 6.87. The first-order valence-corrected chi connectivity index (χ1v) is 14.4. The standard InChI is InChI=1S/C30H32ClN7O2/c1-19-7-10-32-21(13-19)15-38-26(35-25-27(38)33-18-34-28(25)40-30(2)8-9-30)23-6-5-20(14-24(23)31)29(39)37-16-22(17-37)36-11-3-4-12-36/h5-7,10,13-14,18,22H,3-4,8-9,11-12,15-17H2,1-2H3. The van der Waals surface area contributed by atoms with Gasteiger partial charge in [0.15, 0.2) is 11.2 Å². The van der Waals surface area contributed by atoms with Gasteiger partial charge < -0.3 is 14.2 Å².